The normalized spacial score (nSPS) is 17.1. The van der Waals surface area contributed by atoms with E-state index in [1.54, 1.807) is 7.05 Å². The molecule has 1 atom stereocenters. The molecule has 7 nitrogen and oxygen atoms in total. The van der Waals surface area contributed by atoms with Crippen molar-refractivity contribution in [2.24, 2.45) is 0 Å². The van der Waals surface area contributed by atoms with Crippen LogP contribution in [0.15, 0.2) is 18.3 Å². The molecule has 1 aliphatic heterocycles. The summed E-state index contributed by atoms with van der Waals surface area (Å²) in [5.74, 6) is -0.940. The first-order valence-corrected chi connectivity index (χ1v) is 8.16. The fraction of sp³-hybridized carbons (Fsp3) is 0.312. The molecular weight excluding hydrogens is 368 g/mol. The molecule has 0 saturated carbocycles. The summed E-state index contributed by atoms with van der Waals surface area (Å²) >= 11 is 5.89. The van der Waals surface area contributed by atoms with Crippen LogP contribution in [0, 0.1) is 11.6 Å². The van der Waals surface area contributed by atoms with Crippen molar-refractivity contribution < 1.29 is 18.3 Å². The number of ether oxygens (including phenoxy) is 1. The minimum Gasteiger partial charge on any atom is -0.372 e. The van der Waals surface area contributed by atoms with E-state index < -0.39 is 17.7 Å². The summed E-state index contributed by atoms with van der Waals surface area (Å²) in [6.07, 6.45) is 1.28. The number of rotatable bonds is 5. The van der Waals surface area contributed by atoms with Gasteiger partial charge in [-0.1, -0.05) is 11.6 Å². The number of morpholine rings is 1. The number of nitrogens with zero attached hydrogens (tertiary/aromatic N) is 3. The number of anilines is 3. The monoisotopic (exact) mass is 383 g/mol. The predicted molar refractivity (Wildman–Crippen MR) is 92.6 cm³/mol. The zero-order valence-corrected chi connectivity index (χ0v) is 14.6. The van der Waals surface area contributed by atoms with Gasteiger partial charge in [0.25, 0.3) is 0 Å². The minimum atomic E-state index is -0.722. The number of benzene rings is 1. The summed E-state index contributed by atoms with van der Waals surface area (Å²) in [6.45, 7) is 0.847. The van der Waals surface area contributed by atoms with Crippen molar-refractivity contribution >= 4 is 35.5 Å². The van der Waals surface area contributed by atoms with Gasteiger partial charge in [-0.3, -0.25) is 4.79 Å². The van der Waals surface area contributed by atoms with E-state index in [2.05, 4.69) is 20.6 Å². The lowest BCUT2D eigenvalue weighted by atomic mass is 10.1. The lowest BCUT2D eigenvalue weighted by Crippen LogP contribution is -2.37. The molecule has 1 aromatic carbocycles. The average molecular weight is 384 g/mol. The van der Waals surface area contributed by atoms with Crippen molar-refractivity contribution in [1.29, 1.82) is 0 Å². The average Bonchev–Trinajstić information content (AvgIpc) is 2.66. The Balaban J connectivity index is 1.84. The predicted octanol–water partition coefficient (Wildman–Crippen LogP) is 2.72. The molecule has 2 N–H and O–H groups in total. The van der Waals surface area contributed by atoms with Gasteiger partial charge in [0.15, 0.2) is 0 Å². The highest BCUT2D eigenvalue weighted by molar-refractivity contribution is 6.32. The van der Waals surface area contributed by atoms with E-state index in [0.29, 0.717) is 23.8 Å². The van der Waals surface area contributed by atoms with Gasteiger partial charge in [0, 0.05) is 25.2 Å². The molecule has 1 fully saturated rings. The van der Waals surface area contributed by atoms with Crippen LogP contribution in [0.5, 0.6) is 0 Å². The molecule has 3 rings (SSSR count). The second-order valence-corrected chi connectivity index (χ2v) is 5.99. The van der Waals surface area contributed by atoms with Gasteiger partial charge in [-0.25, -0.2) is 13.8 Å². The Morgan fingerprint density at radius 3 is 2.92 bits per heavy atom. The Labute approximate surface area is 153 Å². The number of amides is 1. The van der Waals surface area contributed by atoms with Crippen LogP contribution in [0.4, 0.5) is 26.2 Å². The minimum absolute atomic E-state index is 0.0486. The molecule has 10 heteroatoms. The molecule has 1 aliphatic rings. The van der Waals surface area contributed by atoms with Crippen LogP contribution in [0.25, 0.3) is 0 Å². The second-order valence-electron chi connectivity index (χ2n) is 5.58. The van der Waals surface area contributed by atoms with Crippen molar-refractivity contribution in [3.8, 4) is 0 Å². The van der Waals surface area contributed by atoms with E-state index in [0.717, 1.165) is 12.1 Å². The molecule has 0 radical (unpaired) electrons. The van der Waals surface area contributed by atoms with Crippen molar-refractivity contribution in [1.82, 2.24) is 14.9 Å². The zero-order chi connectivity index (χ0) is 18.7. The quantitative estimate of drug-likeness (QED) is 0.773. The van der Waals surface area contributed by atoms with Crippen LogP contribution in [0.2, 0.25) is 5.02 Å². The summed E-state index contributed by atoms with van der Waals surface area (Å²) in [7, 11) is 1.62. The Kier molecular flexibility index (Phi) is 5.48. The molecule has 0 aliphatic carbocycles. The summed E-state index contributed by atoms with van der Waals surface area (Å²) in [6, 6.07) is 2.05. The number of aromatic nitrogens is 2. The second kappa shape index (κ2) is 7.79. The molecule has 1 aromatic heterocycles. The van der Waals surface area contributed by atoms with E-state index in [-0.39, 0.29) is 30.4 Å². The van der Waals surface area contributed by atoms with Crippen molar-refractivity contribution in [2.75, 3.05) is 37.4 Å². The van der Waals surface area contributed by atoms with Gasteiger partial charge in [0.1, 0.15) is 28.6 Å². The topological polar surface area (TPSA) is 79.4 Å². The third kappa shape index (κ3) is 3.83. The molecule has 1 saturated heterocycles. The van der Waals surface area contributed by atoms with Crippen LogP contribution in [0.1, 0.15) is 11.7 Å². The number of hydrogen-bond donors (Lipinski definition) is 2. The Morgan fingerprint density at radius 2 is 2.19 bits per heavy atom. The first-order valence-electron chi connectivity index (χ1n) is 7.79. The molecule has 0 spiro atoms. The third-order valence-electron chi connectivity index (χ3n) is 3.91. The smallest absolute Gasteiger partial charge is 0.229 e. The lowest BCUT2D eigenvalue weighted by molar-refractivity contribution is -0.125. The van der Waals surface area contributed by atoms with Crippen molar-refractivity contribution in [3.63, 3.8) is 0 Å². The van der Waals surface area contributed by atoms with Gasteiger partial charge in [-0.2, -0.15) is 4.98 Å². The van der Waals surface area contributed by atoms with E-state index in [1.807, 2.05) is 0 Å². The largest absolute Gasteiger partial charge is 0.372 e. The van der Waals surface area contributed by atoms with Gasteiger partial charge in [0.05, 0.1) is 25.0 Å². The SMILES string of the molecule is CNc1nc(Nc2cc(F)c(C3CN(C=O)CCO3)cc2F)ncc1Cl. The van der Waals surface area contributed by atoms with Crippen LogP contribution in [-0.2, 0) is 9.53 Å². The maximum absolute atomic E-state index is 14.5. The van der Waals surface area contributed by atoms with Gasteiger partial charge < -0.3 is 20.3 Å². The molecule has 1 unspecified atom stereocenters. The fourth-order valence-electron chi connectivity index (χ4n) is 2.58. The van der Waals surface area contributed by atoms with Crippen LogP contribution < -0.4 is 10.6 Å². The van der Waals surface area contributed by atoms with Gasteiger partial charge in [-0.15, -0.1) is 0 Å². The van der Waals surface area contributed by atoms with Gasteiger partial charge >= 0.3 is 0 Å². The van der Waals surface area contributed by atoms with Crippen molar-refractivity contribution in [2.45, 2.75) is 6.10 Å². The van der Waals surface area contributed by atoms with E-state index in [9.17, 15) is 13.6 Å². The Hall–Kier alpha value is -2.52. The molecule has 1 amide bonds. The maximum atomic E-state index is 14.5. The molecule has 138 valence electrons. The molecular formula is C16H16ClF2N5O2. The van der Waals surface area contributed by atoms with Crippen molar-refractivity contribution in [3.05, 3.63) is 40.6 Å². The highest BCUT2D eigenvalue weighted by Crippen LogP contribution is 2.29. The van der Waals surface area contributed by atoms with E-state index in [1.165, 1.54) is 11.1 Å². The van der Waals surface area contributed by atoms with Crippen LogP contribution >= 0.6 is 11.6 Å². The van der Waals surface area contributed by atoms with Crippen LogP contribution in [-0.4, -0.2) is 48.0 Å². The molecule has 2 aromatic rings. The molecule has 2 heterocycles. The summed E-state index contributed by atoms with van der Waals surface area (Å²) in [5, 5.41) is 5.69. The Bertz CT molecular complexity index is 823. The molecule has 26 heavy (non-hydrogen) atoms. The first-order chi connectivity index (χ1) is 12.5. The number of carbonyl (C=O) groups is 1. The standard InChI is InChI=1S/C16H16ClF2N5O2/c1-20-15-10(17)6-21-16(23-15)22-13-5-11(18)9(4-12(13)19)14-7-24(8-25)2-3-26-14/h4-6,8,14H,2-3,7H2,1H3,(H2,20,21,22,23). The fourth-order valence-corrected chi connectivity index (χ4v) is 2.77. The highest BCUT2D eigenvalue weighted by atomic mass is 35.5. The number of hydrogen-bond acceptors (Lipinski definition) is 6. The van der Waals surface area contributed by atoms with Gasteiger partial charge in [0.2, 0.25) is 12.4 Å². The third-order valence-corrected chi connectivity index (χ3v) is 4.18. The molecule has 0 bridgehead atoms. The van der Waals surface area contributed by atoms with E-state index in [4.69, 9.17) is 16.3 Å². The Morgan fingerprint density at radius 1 is 1.38 bits per heavy atom. The number of nitrogens with one attached hydrogen (secondary N) is 2. The first kappa shape index (κ1) is 18.3. The maximum Gasteiger partial charge on any atom is 0.229 e. The highest BCUT2D eigenvalue weighted by Gasteiger charge is 2.25. The number of carbonyl (C=O) groups excluding carboxylic acids is 1. The summed E-state index contributed by atoms with van der Waals surface area (Å²) in [5.41, 5.74) is -0.0776. The van der Waals surface area contributed by atoms with Gasteiger partial charge in [-0.05, 0) is 6.07 Å². The van der Waals surface area contributed by atoms with Crippen LogP contribution in [0.3, 0.4) is 0 Å². The number of halogens is 3. The lowest BCUT2D eigenvalue weighted by Gasteiger charge is -2.30. The summed E-state index contributed by atoms with van der Waals surface area (Å²) in [4.78, 5) is 20.3. The van der Waals surface area contributed by atoms with E-state index >= 15 is 0 Å². The summed E-state index contributed by atoms with van der Waals surface area (Å²) < 4.78 is 34.4. The zero-order valence-electron chi connectivity index (χ0n) is 13.8.